The highest BCUT2D eigenvalue weighted by molar-refractivity contribution is 5.84. The first-order valence-corrected chi connectivity index (χ1v) is 10.1. The quantitative estimate of drug-likeness (QED) is 0.657. The first-order chi connectivity index (χ1) is 13.1. The highest BCUT2D eigenvalue weighted by Crippen LogP contribution is 2.28. The van der Waals surface area contributed by atoms with Crippen LogP contribution in [0.3, 0.4) is 0 Å². The molecule has 1 amide bonds. The van der Waals surface area contributed by atoms with Crippen LogP contribution in [-0.2, 0) is 27.2 Å². The molecular formula is C22H31NO4. The van der Waals surface area contributed by atoms with Crippen LogP contribution in [-0.4, -0.2) is 43.3 Å². The molecule has 1 aromatic heterocycles. The maximum atomic E-state index is 12.8. The van der Waals surface area contributed by atoms with Gasteiger partial charge in [-0.3, -0.25) is 4.79 Å². The summed E-state index contributed by atoms with van der Waals surface area (Å²) in [5.74, 6) is 0.977. The van der Waals surface area contributed by atoms with Gasteiger partial charge in [-0.05, 0) is 32.3 Å². The molecule has 0 N–H and O–H groups in total. The number of rotatable bonds is 9. The van der Waals surface area contributed by atoms with Crippen molar-refractivity contribution in [3.05, 3.63) is 35.6 Å². The Morgan fingerprint density at radius 1 is 1.37 bits per heavy atom. The van der Waals surface area contributed by atoms with Crippen molar-refractivity contribution in [2.24, 2.45) is 0 Å². The lowest BCUT2D eigenvalue weighted by Crippen LogP contribution is -2.37. The summed E-state index contributed by atoms with van der Waals surface area (Å²) in [7, 11) is 1.83. The van der Waals surface area contributed by atoms with E-state index in [2.05, 4.69) is 13.0 Å². The van der Waals surface area contributed by atoms with Gasteiger partial charge in [0, 0.05) is 37.6 Å². The SMILES string of the molecule is CCCCc1oc2ccccc2c1CN(C)C(=O)C(C)OCC1CCCO1. The molecule has 2 heterocycles. The van der Waals surface area contributed by atoms with E-state index < -0.39 is 6.10 Å². The lowest BCUT2D eigenvalue weighted by atomic mass is 10.1. The van der Waals surface area contributed by atoms with Crippen LogP contribution in [0.4, 0.5) is 0 Å². The van der Waals surface area contributed by atoms with Crippen LogP contribution in [0.2, 0.25) is 0 Å². The van der Waals surface area contributed by atoms with Crippen LogP contribution in [0.25, 0.3) is 11.0 Å². The second kappa shape index (κ2) is 9.38. The minimum Gasteiger partial charge on any atom is -0.461 e. The summed E-state index contributed by atoms with van der Waals surface area (Å²) in [5.41, 5.74) is 2.00. The zero-order valence-electron chi connectivity index (χ0n) is 16.7. The summed E-state index contributed by atoms with van der Waals surface area (Å²) in [6.07, 6.45) is 4.82. The van der Waals surface area contributed by atoms with Gasteiger partial charge >= 0.3 is 0 Å². The van der Waals surface area contributed by atoms with Crippen LogP contribution in [0.5, 0.6) is 0 Å². The summed E-state index contributed by atoms with van der Waals surface area (Å²) < 4.78 is 17.4. The van der Waals surface area contributed by atoms with Crippen LogP contribution in [0, 0.1) is 0 Å². The number of furan rings is 1. The van der Waals surface area contributed by atoms with Crippen molar-refractivity contribution < 1.29 is 18.7 Å². The van der Waals surface area contributed by atoms with Gasteiger partial charge in [-0.15, -0.1) is 0 Å². The Balaban J connectivity index is 1.66. The Kier molecular flexibility index (Phi) is 6.91. The van der Waals surface area contributed by atoms with E-state index in [1.165, 1.54) is 0 Å². The molecule has 5 heteroatoms. The standard InChI is InChI=1S/C22H31NO4/c1-4-5-11-21-19(18-10-6-7-12-20(18)27-21)14-23(3)22(24)16(2)26-15-17-9-8-13-25-17/h6-7,10,12,16-17H,4-5,8-9,11,13-15H2,1-3H3. The maximum Gasteiger partial charge on any atom is 0.251 e. The fourth-order valence-electron chi connectivity index (χ4n) is 3.59. The molecule has 0 bridgehead atoms. The molecule has 148 valence electrons. The average Bonchev–Trinajstić information content (AvgIpc) is 3.32. The monoisotopic (exact) mass is 373 g/mol. The number of para-hydroxylation sites is 1. The Bertz CT molecular complexity index is 748. The molecule has 27 heavy (non-hydrogen) atoms. The van der Waals surface area contributed by atoms with Gasteiger partial charge in [0.15, 0.2) is 0 Å². The number of amides is 1. The Labute approximate surface area is 161 Å². The summed E-state index contributed by atoms with van der Waals surface area (Å²) in [4.78, 5) is 14.5. The van der Waals surface area contributed by atoms with Crippen molar-refractivity contribution in [2.45, 2.75) is 64.7 Å². The highest BCUT2D eigenvalue weighted by Gasteiger charge is 2.24. The van der Waals surface area contributed by atoms with Crippen LogP contribution in [0.15, 0.2) is 28.7 Å². The van der Waals surface area contributed by atoms with Crippen LogP contribution in [0.1, 0.15) is 50.9 Å². The third-order valence-corrected chi connectivity index (χ3v) is 5.21. The van der Waals surface area contributed by atoms with Gasteiger partial charge in [-0.1, -0.05) is 31.5 Å². The number of fused-ring (bicyclic) bond motifs is 1. The lowest BCUT2D eigenvalue weighted by molar-refractivity contribution is -0.143. The van der Waals surface area contributed by atoms with Gasteiger partial charge in [0.1, 0.15) is 17.4 Å². The van der Waals surface area contributed by atoms with Crippen LogP contribution >= 0.6 is 0 Å². The first kappa shape index (κ1) is 19.9. The summed E-state index contributed by atoms with van der Waals surface area (Å²) in [6.45, 7) is 5.80. The number of carbonyl (C=O) groups excluding carboxylic acids is 1. The third kappa shape index (κ3) is 4.90. The number of carbonyl (C=O) groups is 1. The van der Waals surface area contributed by atoms with Gasteiger partial charge in [-0.2, -0.15) is 0 Å². The van der Waals surface area contributed by atoms with E-state index in [0.29, 0.717) is 13.2 Å². The number of likely N-dealkylation sites (N-methyl/N-ethyl adjacent to an activating group) is 1. The number of hydrogen-bond donors (Lipinski definition) is 0. The van der Waals surface area contributed by atoms with Crippen molar-refractivity contribution in [3.63, 3.8) is 0 Å². The van der Waals surface area contributed by atoms with E-state index in [1.807, 2.05) is 32.2 Å². The van der Waals surface area contributed by atoms with Crippen molar-refractivity contribution in [1.29, 1.82) is 0 Å². The minimum atomic E-state index is -0.476. The van der Waals surface area contributed by atoms with Crippen LogP contribution < -0.4 is 0 Å². The molecular weight excluding hydrogens is 342 g/mol. The Morgan fingerprint density at radius 3 is 2.93 bits per heavy atom. The van der Waals surface area contributed by atoms with E-state index in [9.17, 15) is 4.79 Å². The molecule has 2 atom stereocenters. The second-order valence-electron chi connectivity index (χ2n) is 7.41. The van der Waals surface area contributed by atoms with E-state index in [1.54, 1.807) is 4.90 Å². The van der Waals surface area contributed by atoms with E-state index in [0.717, 1.165) is 61.0 Å². The Morgan fingerprint density at radius 2 is 2.19 bits per heavy atom. The van der Waals surface area contributed by atoms with E-state index >= 15 is 0 Å². The average molecular weight is 373 g/mol. The zero-order valence-corrected chi connectivity index (χ0v) is 16.7. The fourth-order valence-corrected chi connectivity index (χ4v) is 3.59. The molecule has 1 saturated heterocycles. The smallest absolute Gasteiger partial charge is 0.251 e. The molecule has 5 nitrogen and oxygen atoms in total. The van der Waals surface area contributed by atoms with Gasteiger partial charge in [0.2, 0.25) is 0 Å². The summed E-state index contributed by atoms with van der Waals surface area (Å²) in [6, 6.07) is 8.05. The number of hydrogen-bond acceptors (Lipinski definition) is 4. The molecule has 0 radical (unpaired) electrons. The van der Waals surface area contributed by atoms with Crippen molar-refractivity contribution >= 4 is 16.9 Å². The molecule has 1 fully saturated rings. The predicted molar refractivity (Wildman–Crippen MR) is 106 cm³/mol. The topological polar surface area (TPSA) is 51.9 Å². The van der Waals surface area contributed by atoms with E-state index in [-0.39, 0.29) is 12.0 Å². The van der Waals surface area contributed by atoms with Gasteiger partial charge in [0.05, 0.1) is 12.7 Å². The number of ether oxygens (including phenoxy) is 2. The molecule has 1 aliphatic rings. The number of aryl methyl sites for hydroxylation is 1. The number of benzene rings is 1. The van der Waals surface area contributed by atoms with Gasteiger partial charge < -0.3 is 18.8 Å². The third-order valence-electron chi connectivity index (χ3n) is 5.21. The molecule has 2 aromatic rings. The molecule has 1 aromatic carbocycles. The minimum absolute atomic E-state index is 0.0141. The van der Waals surface area contributed by atoms with Crippen molar-refractivity contribution in [3.8, 4) is 0 Å². The molecule has 2 unspecified atom stereocenters. The Hall–Kier alpha value is -1.85. The number of nitrogens with zero attached hydrogens (tertiary/aromatic N) is 1. The lowest BCUT2D eigenvalue weighted by Gasteiger charge is -2.23. The molecule has 0 saturated carbocycles. The molecule has 0 aliphatic carbocycles. The first-order valence-electron chi connectivity index (χ1n) is 10.1. The molecule has 1 aliphatic heterocycles. The van der Waals surface area contributed by atoms with E-state index in [4.69, 9.17) is 13.9 Å². The normalized spacial score (nSPS) is 18.1. The van der Waals surface area contributed by atoms with Gasteiger partial charge in [-0.25, -0.2) is 0 Å². The fraction of sp³-hybridized carbons (Fsp3) is 0.591. The van der Waals surface area contributed by atoms with Crippen molar-refractivity contribution in [2.75, 3.05) is 20.3 Å². The molecule has 0 spiro atoms. The molecule has 3 rings (SSSR count). The zero-order chi connectivity index (χ0) is 19.2. The largest absolute Gasteiger partial charge is 0.461 e. The highest BCUT2D eigenvalue weighted by atomic mass is 16.5. The number of unbranched alkanes of at least 4 members (excludes halogenated alkanes) is 1. The second-order valence-corrected chi connectivity index (χ2v) is 7.41. The maximum absolute atomic E-state index is 12.8. The summed E-state index contributed by atoms with van der Waals surface area (Å²) >= 11 is 0. The van der Waals surface area contributed by atoms with Crippen molar-refractivity contribution in [1.82, 2.24) is 4.90 Å². The summed E-state index contributed by atoms with van der Waals surface area (Å²) in [5, 5.41) is 1.09. The predicted octanol–water partition coefficient (Wildman–Crippen LogP) is 4.32. The van der Waals surface area contributed by atoms with Gasteiger partial charge in [0.25, 0.3) is 5.91 Å².